The molecule has 3 aromatic rings. The number of halogens is 1. The largest absolute Gasteiger partial charge is 0.507 e. The van der Waals surface area contributed by atoms with Crippen LogP contribution >= 0.6 is 22.9 Å². The van der Waals surface area contributed by atoms with Gasteiger partial charge in [-0.1, -0.05) is 17.7 Å². The fourth-order valence-electron chi connectivity index (χ4n) is 2.44. The number of nitrogens with zero attached hydrogens (tertiary/aromatic N) is 1. The highest BCUT2D eigenvalue weighted by molar-refractivity contribution is 7.13. The van der Waals surface area contributed by atoms with Crippen molar-refractivity contribution < 1.29 is 24.1 Å². The second kappa shape index (κ2) is 8.28. The summed E-state index contributed by atoms with van der Waals surface area (Å²) in [5.74, 6) is 0.323. The second-order valence-electron chi connectivity index (χ2n) is 5.42. The van der Waals surface area contributed by atoms with Gasteiger partial charge in [-0.15, -0.1) is 11.3 Å². The average Bonchev–Trinajstić information content (AvgIpc) is 3.16. The molecular weight excluding hydrogens is 390 g/mol. The fourth-order valence-corrected chi connectivity index (χ4v) is 3.44. The maximum Gasteiger partial charge on any atom is 0.342 e. The van der Waals surface area contributed by atoms with Crippen molar-refractivity contribution >= 4 is 28.9 Å². The topological polar surface area (TPSA) is 77.9 Å². The Bertz CT molecular complexity index is 972. The molecule has 0 unspecified atom stereocenters. The van der Waals surface area contributed by atoms with Gasteiger partial charge in [0, 0.05) is 10.4 Å². The number of aromatic hydroxyl groups is 1. The van der Waals surface area contributed by atoms with Crippen molar-refractivity contribution in [3.05, 3.63) is 58.1 Å². The number of carbonyl (C=O) groups excluding carboxylic acids is 1. The van der Waals surface area contributed by atoms with Crippen molar-refractivity contribution in [3.63, 3.8) is 0 Å². The number of hydrogen-bond donors (Lipinski definition) is 1. The molecule has 1 N–H and O–H groups in total. The summed E-state index contributed by atoms with van der Waals surface area (Å²) in [6.07, 6.45) is 0. The van der Waals surface area contributed by atoms with Crippen LogP contribution in [0.3, 0.4) is 0 Å². The molecule has 0 radical (unpaired) electrons. The second-order valence-corrected chi connectivity index (χ2v) is 6.72. The van der Waals surface area contributed by atoms with E-state index < -0.39 is 5.97 Å². The molecule has 140 valence electrons. The number of hydrogen-bond acceptors (Lipinski definition) is 7. The van der Waals surface area contributed by atoms with Crippen molar-refractivity contribution in [1.29, 1.82) is 0 Å². The van der Waals surface area contributed by atoms with Crippen LogP contribution in [0.15, 0.2) is 41.8 Å². The molecule has 6 nitrogen and oxygen atoms in total. The van der Waals surface area contributed by atoms with Crippen LogP contribution in [0, 0.1) is 0 Å². The maximum absolute atomic E-state index is 12.2. The number of para-hydroxylation sites is 1. The molecule has 0 aliphatic rings. The van der Waals surface area contributed by atoms with E-state index in [4.69, 9.17) is 25.8 Å². The summed E-state index contributed by atoms with van der Waals surface area (Å²) in [6, 6.07) is 9.71. The Morgan fingerprint density at radius 1 is 1.22 bits per heavy atom. The SMILES string of the molecule is COc1cccc(-c2nc(COC(=O)c3cc(Cl)ccc3O)cs2)c1OC. The molecule has 0 fully saturated rings. The normalized spacial score (nSPS) is 10.5. The number of phenols is 1. The van der Waals surface area contributed by atoms with Crippen molar-refractivity contribution in [2.24, 2.45) is 0 Å². The number of rotatable bonds is 6. The number of phenolic OH excluding ortho intramolecular Hbond substituents is 1. The lowest BCUT2D eigenvalue weighted by molar-refractivity contribution is 0.0465. The first kappa shape index (κ1) is 19.0. The fraction of sp³-hybridized carbons (Fsp3) is 0.158. The van der Waals surface area contributed by atoms with Gasteiger partial charge in [-0.25, -0.2) is 9.78 Å². The molecule has 0 atom stereocenters. The van der Waals surface area contributed by atoms with Crippen molar-refractivity contribution in [1.82, 2.24) is 4.98 Å². The van der Waals surface area contributed by atoms with Crippen LogP contribution in [0.4, 0.5) is 0 Å². The number of aromatic nitrogens is 1. The number of methoxy groups -OCH3 is 2. The van der Waals surface area contributed by atoms with Crippen molar-refractivity contribution in [2.45, 2.75) is 6.61 Å². The van der Waals surface area contributed by atoms with Gasteiger partial charge >= 0.3 is 5.97 Å². The molecule has 1 heterocycles. The summed E-state index contributed by atoms with van der Waals surface area (Å²) in [7, 11) is 3.13. The minimum atomic E-state index is -0.677. The standard InChI is InChI=1S/C19H16ClNO5S/c1-24-16-5-3-4-13(17(16)25-2)18-21-12(10-27-18)9-26-19(23)14-8-11(20)6-7-15(14)22/h3-8,10,22H,9H2,1-2H3. The van der Waals surface area contributed by atoms with E-state index >= 15 is 0 Å². The molecule has 0 saturated carbocycles. The molecule has 0 amide bonds. The quantitative estimate of drug-likeness (QED) is 0.606. The smallest absolute Gasteiger partial charge is 0.342 e. The molecule has 8 heteroatoms. The zero-order valence-corrected chi connectivity index (χ0v) is 16.1. The van der Waals surface area contributed by atoms with Gasteiger partial charge in [0.1, 0.15) is 22.9 Å². The Labute approximate surface area is 164 Å². The predicted octanol–water partition coefficient (Wildman–Crippen LogP) is 4.54. The third-order valence-electron chi connectivity index (χ3n) is 3.71. The van der Waals surface area contributed by atoms with E-state index in [-0.39, 0.29) is 17.9 Å². The van der Waals surface area contributed by atoms with E-state index in [9.17, 15) is 9.90 Å². The first-order valence-electron chi connectivity index (χ1n) is 7.85. The van der Waals surface area contributed by atoms with E-state index in [2.05, 4.69) is 4.98 Å². The van der Waals surface area contributed by atoms with Gasteiger partial charge in [0.05, 0.1) is 25.5 Å². The zero-order valence-electron chi connectivity index (χ0n) is 14.6. The highest BCUT2D eigenvalue weighted by Crippen LogP contribution is 2.39. The lowest BCUT2D eigenvalue weighted by Crippen LogP contribution is -2.05. The van der Waals surface area contributed by atoms with Crippen LogP contribution in [0.5, 0.6) is 17.2 Å². The average molecular weight is 406 g/mol. The third-order valence-corrected chi connectivity index (χ3v) is 4.87. The Kier molecular flexibility index (Phi) is 5.83. The third kappa shape index (κ3) is 4.15. The van der Waals surface area contributed by atoms with Gasteiger partial charge in [0.25, 0.3) is 0 Å². The van der Waals surface area contributed by atoms with Crippen LogP contribution in [0.25, 0.3) is 10.6 Å². The Hall–Kier alpha value is -2.77. The summed E-state index contributed by atoms with van der Waals surface area (Å²) in [4.78, 5) is 16.6. The summed E-state index contributed by atoms with van der Waals surface area (Å²) >= 11 is 7.25. The van der Waals surface area contributed by atoms with Crippen LogP contribution in [-0.2, 0) is 11.3 Å². The number of carbonyl (C=O) groups is 1. The van der Waals surface area contributed by atoms with E-state index in [1.807, 2.05) is 12.1 Å². The summed E-state index contributed by atoms with van der Waals surface area (Å²) in [6.45, 7) is -0.0342. The van der Waals surface area contributed by atoms with E-state index in [1.165, 1.54) is 29.5 Å². The summed E-state index contributed by atoms with van der Waals surface area (Å²) in [5.41, 5.74) is 1.37. The minimum Gasteiger partial charge on any atom is -0.507 e. The van der Waals surface area contributed by atoms with Gasteiger partial charge in [0.2, 0.25) is 0 Å². The molecule has 2 aromatic carbocycles. The van der Waals surface area contributed by atoms with Crippen LogP contribution in [0.2, 0.25) is 5.02 Å². The Morgan fingerprint density at radius 2 is 2.04 bits per heavy atom. The van der Waals surface area contributed by atoms with Crippen molar-refractivity contribution in [2.75, 3.05) is 14.2 Å². The highest BCUT2D eigenvalue weighted by atomic mass is 35.5. The maximum atomic E-state index is 12.2. The Balaban J connectivity index is 1.75. The monoisotopic (exact) mass is 405 g/mol. The van der Waals surface area contributed by atoms with Crippen LogP contribution in [-0.4, -0.2) is 30.3 Å². The molecule has 3 rings (SSSR count). The number of esters is 1. The number of ether oxygens (including phenoxy) is 3. The van der Waals surface area contributed by atoms with E-state index in [1.54, 1.807) is 25.7 Å². The molecule has 0 saturated heterocycles. The lowest BCUT2D eigenvalue weighted by Gasteiger charge is -2.10. The predicted molar refractivity (Wildman–Crippen MR) is 103 cm³/mol. The van der Waals surface area contributed by atoms with Gasteiger partial charge in [0.15, 0.2) is 11.5 Å². The summed E-state index contributed by atoms with van der Waals surface area (Å²) in [5, 5.41) is 12.6. The van der Waals surface area contributed by atoms with Crippen LogP contribution in [0.1, 0.15) is 16.1 Å². The van der Waals surface area contributed by atoms with Gasteiger partial charge in [-0.05, 0) is 30.3 Å². The molecule has 0 aliphatic carbocycles. The molecular formula is C19H16ClNO5S. The lowest BCUT2D eigenvalue weighted by atomic mass is 10.2. The number of benzene rings is 2. The minimum absolute atomic E-state index is 0.00687. The molecule has 0 aliphatic heterocycles. The molecule has 0 bridgehead atoms. The van der Waals surface area contributed by atoms with Gasteiger partial charge < -0.3 is 19.3 Å². The Morgan fingerprint density at radius 3 is 2.78 bits per heavy atom. The van der Waals surface area contributed by atoms with Gasteiger partial charge in [-0.2, -0.15) is 0 Å². The molecule has 1 aromatic heterocycles. The number of thiazole rings is 1. The van der Waals surface area contributed by atoms with E-state index in [0.717, 1.165) is 5.56 Å². The van der Waals surface area contributed by atoms with E-state index in [0.29, 0.717) is 27.2 Å². The van der Waals surface area contributed by atoms with Gasteiger partial charge in [-0.3, -0.25) is 0 Å². The highest BCUT2D eigenvalue weighted by Gasteiger charge is 2.17. The van der Waals surface area contributed by atoms with Crippen molar-refractivity contribution in [3.8, 4) is 27.8 Å². The molecule has 0 spiro atoms. The molecule has 27 heavy (non-hydrogen) atoms. The zero-order chi connectivity index (χ0) is 19.4. The first-order chi connectivity index (χ1) is 13.0. The van der Waals surface area contributed by atoms with Crippen LogP contribution < -0.4 is 9.47 Å². The first-order valence-corrected chi connectivity index (χ1v) is 9.10. The summed E-state index contributed by atoms with van der Waals surface area (Å²) < 4.78 is 16.0.